The number of fused-ring (bicyclic) bond motifs is 1. The summed E-state index contributed by atoms with van der Waals surface area (Å²) in [5.74, 6) is 0.661. The third kappa shape index (κ3) is 7.56. The van der Waals surface area contributed by atoms with Crippen molar-refractivity contribution in [1.82, 2.24) is 15.1 Å². The number of nitrogens with two attached hydrogens (primary N) is 1. The predicted molar refractivity (Wildman–Crippen MR) is 162 cm³/mol. The van der Waals surface area contributed by atoms with Crippen LogP contribution in [0.5, 0.6) is 0 Å². The summed E-state index contributed by atoms with van der Waals surface area (Å²) in [6.07, 6.45) is 23.4. The SMILES string of the molecule is C=C(N)/C(=C/C(C)N(C)CN=C1CCC(CC2=C3N=CC=N[C@H]3C=CCC(N3CCCCC3)=C2)CC1)NC. The van der Waals surface area contributed by atoms with E-state index >= 15 is 0 Å². The monoisotopic (exact) mass is 517 g/mol. The Bertz CT molecular complexity index is 1040. The van der Waals surface area contributed by atoms with Crippen LogP contribution >= 0.6 is 0 Å². The van der Waals surface area contributed by atoms with Crippen LogP contribution in [-0.4, -0.2) is 73.9 Å². The summed E-state index contributed by atoms with van der Waals surface area (Å²) in [5.41, 5.74) is 12.6. The van der Waals surface area contributed by atoms with Gasteiger partial charge >= 0.3 is 0 Å². The minimum atomic E-state index is 0.0568. The second kappa shape index (κ2) is 13.7. The number of hydrogen-bond donors (Lipinski definition) is 2. The number of allylic oxidation sites excluding steroid dienone is 3. The summed E-state index contributed by atoms with van der Waals surface area (Å²) in [6, 6.07) is 0.272. The van der Waals surface area contributed by atoms with Crippen molar-refractivity contribution in [2.24, 2.45) is 26.6 Å². The number of nitrogens with one attached hydrogen (secondary N) is 1. The molecule has 2 aliphatic heterocycles. The van der Waals surface area contributed by atoms with Gasteiger partial charge in [-0.1, -0.05) is 18.7 Å². The van der Waals surface area contributed by atoms with Crippen molar-refractivity contribution >= 4 is 18.1 Å². The van der Waals surface area contributed by atoms with Gasteiger partial charge in [-0.2, -0.15) is 0 Å². The lowest BCUT2D eigenvalue weighted by atomic mass is 9.82. The summed E-state index contributed by atoms with van der Waals surface area (Å²) in [5, 5.41) is 3.12. The Balaban J connectivity index is 1.39. The Labute approximate surface area is 229 Å². The molecule has 1 saturated carbocycles. The fourth-order valence-electron chi connectivity index (χ4n) is 5.77. The van der Waals surface area contributed by atoms with Gasteiger partial charge in [0.05, 0.1) is 18.1 Å². The van der Waals surface area contributed by atoms with E-state index in [1.54, 1.807) is 0 Å². The van der Waals surface area contributed by atoms with Gasteiger partial charge in [0, 0.05) is 62.1 Å². The van der Waals surface area contributed by atoms with Crippen LogP contribution in [0.1, 0.15) is 64.7 Å². The van der Waals surface area contributed by atoms with Gasteiger partial charge in [0.25, 0.3) is 0 Å². The third-order valence-corrected chi connectivity index (χ3v) is 8.31. The van der Waals surface area contributed by atoms with Crippen molar-refractivity contribution < 1.29 is 0 Å². The molecule has 38 heavy (non-hydrogen) atoms. The highest BCUT2D eigenvalue weighted by Crippen LogP contribution is 2.34. The van der Waals surface area contributed by atoms with Crippen LogP contribution in [0, 0.1) is 5.92 Å². The second-order valence-electron chi connectivity index (χ2n) is 11.1. The zero-order valence-corrected chi connectivity index (χ0v) is 23.7. The first kappa shape index (κ1) is 28.1. The van der Waals surface area contributed by atoms with Crippen molar-refractivity contribution in [1.29, 1.82) is 0 Å². The van der Waals surface area contributed by atoms with Gasteiger partial charge in [0.1, 0.15) is 6.04 Å². The Morgan fingerprint density at radius 1 is 1.26 bits per heavy atom. The highest BCUT2D eigenvalue weighted by Gasteiger charge is 2.24. The third-order valence-electron chi connectivity index (χ3n) is 8.31. The van der Waals surface area contributed by atoms with Crippen molar-refractivity contribution in [3.05, 3.63) is 59.2 Å². The van der Waals surface area contributed by atoms with Crippen molar-refractivity contribution in [2.45, 2.75) is 76.8 Å². The minimum Gasteiger partial charge on any atom is -0.398 e. The van der Waals surface area contributed by atoms with Crippen molar-refractivity contribution in [3.8, 4) is 0 Å². The molecule has 2 atom stereocenters. The molecule has 7 nitrogen and oxygen atoms in total. The molecule has 0 amide bonds. The Morgan fingerprint density at radius 3 is 2.74 bits per heavy atom. The average Bonchev–Trinajstić information content (AvgIpc) is 2.93. The molecule has 0 radical (unpaired) electrons. The van der Waals surface area contributed by atoms with E-state index in [1.807, 2.05) is 19.5 Å². The van der Waals surface area contributed by atoms with Gasteiger partial charge in [0.15, 0.2) is 0 Å². The normalized spacial score (nSPS) is 25.1. The summed E-state index contributed by atoms with van der Waals surface area (Å²) in [4.78, 5) is 19.4. The summed E-state index contributed by atoms with van der Waals surface area (Å²) >= 11 is 0. The van der Waals surface area contributed by atoms with E-state index in [0.717, 1.165) is 37.1 Å². The summed E-state index contributed by atoms with van der Waals surface area (Å²) < 4.78 is 0. The molecule has 4 rings (SSSR count). The first-order valence-corrected chi connectivity index (χ1v) is 14.4. The molecule has 2 heterocycles. The van der Waals surface area contributed by atoms with Crippen molar-refractivity contribution in [2.75, 3.05) is 33.9 Å². The molecular formula is C31H47N7. The Morgan fingerprint density at radius 2 is 2.03 bits per heavy atom. The molecule has 0 aromatic carbocycles. The predicted octanol–water partition coefficient (Wildman–Crippen LogP) is 4.97. The van der Waals surface area contributed by atoms with Gasteiger partial charge in [-0.05, 0) is 89.0 Å². The molecule has 0 aromatic rings. The molecule has 0 aromatic heterocycles. The van der Waals surface area contributed by atoms with Gasteiger partial charge in [-0.3, -0.25) is 19.9 Å². The molecule has 0 spiro atoms. The maximum absolute atomic E-state index is 5.87. The molecule has 1 unspecified atom stereocenters. The molecule has 2 aliphatic carbocycles. The number of nitrogens with zero attached hydrogens (tertiary/aromatic N) is 5. The number of aliphatic imine (C=N–C) groups is 3. The lowest BCUT2D eigenvalue weighted by Crippen LogP contribution is -2.30. The van der Waals surface area contributed by atoms with E-state index in [2.05, 4.69) is 60.0 Å². The number of piperidine rings is 1. The number of hydrogen-bond acceptors (Lipinski definition) is 7. The molecule has 3 N–H and O–H groups in total. The molecule has 1 saturated heterocycles. The lowest BCUT2D eigenvalue weighted by Gasteiger charge is -2.33. The molecule has 4 aliphatic rings. The first-order chi connectivity index (χ1) is 18.4. The van der Waals surface area contributed by atoms with Crippen LogP contribution < -0.4 is 11.1 Å². The number of likely N-dealkylation sites (N-methyl/N-ethyl adjacent to an activating group) is 2. The zero-order chi connectivity index (χ0) is 26.9. The van der Waals surface area contributed by atoms with Gasteiger partial charge in [-0.15, -0.1) is 0 Å². The highest BCUT2D eigenvalue weighted by atomic mass is 15.2. The number of likely N-dealkylation sites (tertiary alicyclic amines) is 1. The summed E-state index contributed by atoms with van der Waals surface area (Å²) in [6.45, 7) is 9.05. The van der Waals surface area contributed by atoms with Gasteiger partial charge < -0.3 is 16.0 Å². The molecule has 2 fully saturated rings. The molecule has 206 valence electrons. The fraction of sp³-hybridized carbons (Fsp3) is 0.581. The van der Waals surface area contributed by atoms with E-state index in [1.165, 1.54) is 62.2 Å². The van der Waals surface area contributed by atoms with Crippen molar-refractivity contribution in [3.63, 3.8) is 0 Å². The maximum atomic E-state index is 5.87. The molecule has 7 heteroatoms. The van der Waals surface area contributed by atoms with E-state index in [-0.39, 0.29) is 12.1 Å². The Kier molecular flexibility index (Phi) is 10.2. The summed E-state index contributed by atoms with van der Waals surface area (Å²) in [7, 11) is 3.98. The smallest absolute Gasteiger partial charge is 0.110 e. The topological polar surface area (TPSA) is 81.6 Å². The zero-order valence-electron chi connectivity index (χ0n) is 23.7. The molecular weight excluding hydrogens is 470 g/mol. The van der Waals surface area contributed by atoms with E-state index in [0.29, 0.717) is 18.3 Å². The molecule has 0 bridgehead atoms. The standard InChI is InChI=1S/C31H47N7/c1-23(19-30(33-3)24(2)32)37(4)22-36-27-13-11-25(12-14-27)20-26-21-28(38-17-6-5-7-18-38)9-8-10-29-31(26)35-16-15-34-29/h8,10,15-16,19,21,23,25,29,33H,2,5-7,9,11-14,17-18,20,22,32H2,1,3-4H3/b10-8?,28-21?,30-19-,31-26?,36-27?/t23?,25?,29-/m0/s1. The van der Waals surface area contributed by atoms with Gasteiger partial charge in [-0.25, -0.2) is 0 Å². The Hall–Kier alpha value is -2.93. The maximum Gasteiger partial charge on any atom is 0.110 e. The average molecular weight is 518 g/mol. The number of rotatable bonds is 9. The van der Waals surface area contributed by atoms with Crippen LogP contribution in [0.4, 0.5) is 0 Å². The van der Waals surface area contributed by atoms with E-state index < -0.39 is 0 Å². The van der Waals surface area contributed by atoms with E-state index in [4.69, 9.17) is 20.7 Å². The quantitative estimate of drug-likeness (QED) is 0.334. The van der Waals surface area contributed by atoms with Crippen LogP contribution in [0.15, 0.2) is 74.2 Å². The first-order valence-electron chi connectivity index (χ1n) is 14.4. The lowest BCUT2D eigenvalue weighted by molar-refractivity contribution is 0.280. The fourth-order valence-corrected chi connectivity index (χ4v) is 5.77. The van der Waals surface area contributed by atoms with Gasteiger partial charge in [0.2, 0.25) is 0 Å². The van der Waals surface area contributed by atoms with Crippen LogP contribution in [0.2, 0.25) is 0 Å². The van der Waals surface area contributed by atoms with E-state index in [9.17, 15) is 0 Å². The minimum absolute atomic E-state index is 0.0568. The van der Waals surface area contributed by atoms with Crippen LogP contribution in [-0.2, 0) is 0 Å². The second-order valence-corrected chi connectivity index (χ2v) is 11.1. The van der Waals surface area contributed by atoms with Crippen LogP contribution in [0.25, 0.3) is 0 Å². The highest BCUT2D eigenvalue weighted by molar-refractivity contribution is 6.17. The van der Waals surface area contributed by atoms with Crippen LogP contribution in [0.3, 0.4) is 0 Å². The largest absolute Gasteiger partial charge is 0.398 e.